The quantitative estimate of drug-likeness (QED) is 0.0201. The van der Waals surface area contributed by atoms with E-state index in [0.29, 0.717) is 43.1 Å². The molecule has 2 N–H and O–H groups in total. The molecule has 0 bridgehead atoms. The monoisotopic (exact) mass is 880 g/mol. The van der Waals surface area contributed by atoms with Crippen LogP contribution in [0.15, 0.2) is 60.8 Å². The number of unbranched alkanes of at least 4 members (excludes halogenated alkanes) is 10. The molecule has 0 aromatic heterocycles. The van der Waals surface area contributed by atoms with Crippen LogP contribution in [-0.4, -0.2) is 98.2 Å². The van der Waals surface area contributed by atoms with E-state index in [2.05, 4.69) is 50.3 Å². The summed E-state index contributed by atoms with van der Waals surface area (Å²) in [6.45, 7) is 3.74. The lowest BCUT2D eigenvalue weighted by molar-refractivity contribution is -0.870. The van der Waals surface area contributed by atoms with Gasteiger partial charge in [0.05, 0.1) is 40.0 Å². The van der Waals surface area contributed by atoms with Crippen molar-refractivity contribution in [1.82, 2.24) is 0 Å². The van der Waals surface area contributed by atoms with Gasteiger partial charge in [-0.3, -0.25) is 18.9 Å². The first kappa shape index (κ1) is 56.3. The lowest BCUT2D eigenvalue weighted by Crippen LogP contribution is -2.37. The Morgan fingerprint density at radius 1 is 0.787 bits per heavy atom. The molecule has 0 radical (unpaired) electrons. The molecule has 13 heteroatoms. The number of rotatable bonds is 37. The van der Waals surface area contributed by atoms with Crippen molar-refractivity contribution in [3.63, 3.8) is 0 Å². The van der Waals surface area contributed by atoms with Crippen LogP contribution >= 0.6 is 7.82 Å². The highest BCUT2D eigenvalue weighted by Gasteiger charge is 2.39. The molecular formula is C48H82NO11P. The number of likely N-dealkylation sites (N-methyl/N-ethyl adjacent to an activating group) is 1. The molecule has 0 aromatic rings. The molecule has 0 spiro atoms. The highest BCUT2D eigenvalue weighted by molar-refractivity contribution is 7.45. The molecule has 1 unspecified atom stereocenters. The first-order chi connectivity index (χ1) is 29.2. The maximum Gasteiger partial charge on any atom is 0.306 e. The van der Waals surface area contributed by atoms with Crippen molar-refractivity contribution < 1.29 is 57.1 Å². The molecule has 0 aliphatic heterocycles. The predicted octanol–water partition coefficient (Wildman–Crippen LogP) is 9.20. The van der Waals surface area contributed by atoms with E-state index in [1.54, 1.807) is 12.2 Å². The summed E-state index contributed by atoms with van der Waals surface area (Å²) in [5.41, 5.74) is 0. The number of nitrogens with zero attached hydrogens (tertiary/aromatic N) is 1. The number of ketones is 1. The molecule has 12 nitrogen and oxygen atoms in total. The third-order valence-electron chi connectivity index (χ3n) is 10.4. The van der Waals surface area contributed by atoms with Crippen molar-refractivity contribution in [3.8, 4) is 0 Å². The van der Waals surface area contributed by atoms with Crippen LogP contribution in [0.2, 0.25) is 0 Å². The Kier molecular flexibility index (Phi) is 32.1. The number of carbonyl (C=O) groups is 3. The van der Waals surface area contributed by atoms with E-state index < -0.39 is 50.6 Å². The Bertz CT molecular complexity index is 1390. The average Bonchev–Trinajstić information content (AvgIpc) is 3.47. The highest BCUT2D eigenvalue weighted by atomic mass is 31.2. The van der Waals surface area contributed by atoms with E-state index in [1.165, 1.54) is 19.3 Å². The molecule has 1 aliphatic rings. The van der Waals surface area contributed by atoms with E-state index in [0.717, 1.165) is 64.2 Å². The van der Waals surface area contributed by atoms with Crippen molar-refractivity contribution in [1.29, 1.82) is 0 Å². The topological polar surface area (TPSA) is 169 Å². The number of esters is 2. The summed E-state index contributed by atoms with van der Waals surface area (Å²) in [4.78, 5) is 50.3. The van der Waals surface area contributed by atoms with E-state index in [1.807, 2.05) is 33.3 Å². The molecule has 6 atom stereocenters. The van der Waals surface area contributed by atoms with Gasteiger partial charge < -0.3 is 38.1 Å². The number of phosphoric acid groups is 1. The number of carbonyl (C=O) groups excluding carboxylic acids is 3. The fourth-order valence-electron chi connectivity index (χ4n) is 6.64. The molecule has 1 aliphatic carbocycles. The van der Waals surface area contributed by atoms with Crippen molar-refractivity contribution in [3.05, 3.63) is 60.8 Å². The standard InChI is InChI=1S/C48H82NO11P/c1-6-8-10-11-12-13-14-15-16-17-18-19-20-21-22-23-28-32-47(53)57-39-42(40-59-61(55,56)58-37-36-49(3,4)5)60-48(54)33-29-25-24-27-31-43-44(46(52)38-45(43)51)35-34-41(50)30-26-9-7-2/h12-13,15-16,18-19,24,27,34-35,41-45,50-51H,6-11,14,17,20-23,25-26,28-33,36-40H2,1-5H3/b13-12-,16-15-,19-18-,27-24-,35-34+/t41-,42+,43+,44+,45-/m0/s1. The van der Waals surface area contributed by atoms with Gasteiger partial charge in [0, 0.05) is 31.1 Å². The number of ether oxygens (including phenoxy) is 2. The smallest absolute Gasteiger partial charge is 0.306 e. The van der Waals surface area contributed by atoms with Crippen molar-refractivity contribution >= 4 is 25.5 Å². The molecule has 1 saturated carbocycles. The van der Waals surface area contributed by atoms with Crippen LogP contribution in [0, 0.1) is 11.8 Å². The van der Waals surface area contributed by atoms with Crippen LogP contribution in [0.1, 0.15) is 149 Å². The van der Waals surface area contributed by atoms with Crippen molar-refractivity contribution in [2.24, 2.45) is 11.8 Å². The van der Waals surface area contributed by atoms with Crippen LogP contribution < -0.4 is 4.89 Å². The third-order valence-corrected chi connectivity index (χ3v) is 11.4. The number of aliphatic hydroxyl groups excluding tert-OH is 2. The lowest BCUT2D eigenvalue weighted by atomic mass is 9.90. The first-order valence-electron chi connectivity index (χ1n) is 23.1. The fourth-order valence-corrected chi connectivity index (χ4v) is 7.37. The molecule has 1 rings (SSSR count). The summed E-state index contributed by atoms with van der Waals surface area (Å²) in [6.07, 6.45) is 34.7. The Labute approximate surface area is 368 Å². The summed E-state index contributed by atoms with van der Waals surface area (Å²) in [5, 5.41) is 20.8. The normalized spacial score (nSPS) is 19.5. The van der Waals surface area contributed by atoms with Crippen LogP contribution in [0.25, 0.3) is 0 Å². The Morgan fingerprint density at radius 3 is 2.05 bits per heavy atom. The number of aliphatic hydroxyl groups is 2. The molecular weight excluding hydrogens is 797 g/mol. The highest BCUT2D eigenvalue weighted by Crippen LogP contribution is 2.38. The van der Waals surface area contributed by atoms with Gasteiger partial charge in [-0.2, -0.15) is 0 Å². The van der Waals surface area contributed by atoms with Gasteiger partial charge >= 0.3 is 11.9 Å². The van der Waals surface area contributed by atoms with E-state index in [4.69, 9.17) is 18.5 Å². The van der Waals surface area contributed by atoms with Gasteiger partial charge in [0.2, 0.25) is 0 Å². The molecule has 1 fully saturated rings. The van der Waals surface area contributed by atoms with Crippen LogP contribution in [0.4, 0.5) is 0 Å². The number of hydrogen-bond donors (Lipinski definition) is 2. The summed E-state index contributed by atoms with van der Waals surface area (Å²) in [5.74, 6) is -1.84. The maximum atomic E-state index is 12.8. The minimum atomic E-state index is -4.71. The second-order valence-electron chi connectivity index (χ2n) is 17.2. The van der Waals surface area contributed by atoms with E-state index in [9.17, 15) is 34.1 Å². The summed E-state index contributed by atoms with van der Waals surface area (Å²) >= 11 is 0. The van der Waals surface area contributed by atoms with Crippen molar-refractivity contribution in [2.75, 3.05) is 47.5 Å². The Morgan fingerprint density at radius 2 is 1.38 bits per heavy atom. The van der Waals surface area contributed by atoms with Crippen LogP contribution in [0.5, 0.6) is 0 Å². The molecule has 0 aromatic carbocycles. The molecule has 0 heterocycles. The second kappa shape index (κ2) is 34.7. The summed E-state index contributed by atoms with van der Waals surface area (Å²) in [7, 11) is 0.979. The first-order valence-corrected chi connectivity index (χ1v) is 24.6. The Balaban J connectivity index is 2.52. The maximum absolute atomic E-state index is 12.8. The van der Waals surface area contributed by atoms with Gasteiger partial charge in [-0.25, -0.2) is 0 Å². The van der Waals surface area contributed by atoms with Gasteiger partial charge in [-0.05, 0) is 70.6 Å². The predicted molar refractivity (Wildman–Crippen MR) is 241 cm³/mol. The van der Waals surface area contributed by atoms with Crippen molar-refractivity contribution in [2.45, 2.75) is 167 Å². The molecule has 0 amide bonds. The zero-order chi connectivity index (χ0) is 45.2. The SMILES string of the molecule is CCCCC/C=C\C/C=C\C/C=C\CCCCCCC(=O)OC[C@H](COP(=O)([O-])OCC[N+](C)(C)C)OC(=O)CCC/C=C\C[C@H]1[C@@H](O)CC(=O)[C@@H]1/C=C/[C@@H](O)CCCCC. The minimum absolute atomic E-state index is 0.0262. The van der Waals surface area contributed by atoms with Gasteiger partial charge in [-0.15, -0.1) is 0 Å². The fraction of sp³-hybridized carbons (Fsp3) is 0.729. The van der Waals surface area contributed by atoms with Crippen LogP contribution in [-0.2, 0) is 37.5 Å². The van der Waals surface area contributed by atoms with Gasteiger partial charge in [0.25, 0.3) is 7.82 Å². The summed E-state index contributed by atoms with van der Waals surface area (Å²) < 4.78 is 33.8. The number of quaternary nitrogens is 1. The zero-order valence-electron chi connectivity index (χ0n) is 38.3. The van der Waals surface area contributed by atoms with Gasteiger partial charge in [-0.1, -0.05) is 120 Å². The Hall–Kier alpha value is -2.70. The molecule has 61 heavy (non-hydrogen) atoms. The van der Waals surface area contributed by atoms with E-state index >= 15 is 0 Å². The summed E-state index contributed by atoms with van der Waals surface area (Å²) in [6, 6.07) is 0. The average molecular weight is 880 g/mol. The molecule has 350 valence electrons. The number of hydrogen-bond acceptors (Lipinski definition) is 11. The number of allylic oxidation sites excluding steroid dienone is 9. The van der Waals surface area contributed by atoms with E-state index in [-0.39, 0.29) is 44.2 Å². The zero-order valence-corrected chi connectivity index (χ0v) is 39.2. The lowest BCUT2D eigenvalue weighted by Gasteiger charge is -2.28. The van der Waals surface area contributed by atoms with Gasteiger partial charge in [0.1, 0.15) is 25.5 Å². The van der Waals surface area contributed by atoms with Crippen LogP contribution in [0.3, 0.4) is 0 Å². The third kappa shape index (κ3) is 31.7. The van der Waals surface area contributed by atoms with Gasteiger partial charge in [0.15, 0.2) is 6.10 Å². The number of Topliss-reactive ketones (excluding diaryl/α,β-unsaturated/α-hetero) is 1. The second-order valence-corrected chi connectivity index (χ2v) is 18.6. The minimum Gasteiger partial charge on any atom is -0.756 e. The largest absolute Gasteiger partial charge is 0.756 e. The molecule has 0 saturated heterocycles. The number of phosphoric ester groups is 1.